The molecular weight excluding hydrogens is 292 g/mol. The number of aryl methyl sites for hydroxylation is 1. The molecule has 4 nitrogen and oxygen atoms in total. The van der Waals surface area contributed by atoms with Crippen LogP contribution in [0.5, 0.6) is 0 Å². The molecule has 0 unspecified atom stereocenters. The Morgan fingerprint density at radius 3 is 2.90 bits per heavy atom. The Bertz CT molecular complexity index is 664. The van der Waals surface area contributed by atoms with Gasteiger partial charge in [0, 0.05) is 28.2 Å². The average Bonchev–Trinajstić information content (AvgIpc) is 3.04. The van der Waals surface area contributed by atoms with Crippen molar-refractivity contribution >= 4 is 28.6 Å². The van der Waals surface area contributed by atoms with Crippen LogP contribution in [0.25, 0.3) is 0 Å². The van der Waals surface area contributed by atoms with Crippen molar-refractivity contribution in [1.82, 2.24) is 9.88 Å². The summed E-state index contributed by atoms with van der Waals surface area (Å²) in [5.41, 5.74) is 1.36. The van der Waals surface area contributed by atoms with Gasteiger partial charge < -0.3 is 10.0 Å². The number of hydrogen-bond acceptors (Lipinski definition) is 5. The van der Waals surface area contributed by atoms with Crippen molar-refractivity contribution in [3.05, 3.63) is 38.0 Å². The van der Waals surface area contributed by atoms with Gasteiger partial charge in [-0.15, -0.1) is 22.7 Å². The molecule has 2 aromatic rings. The van der Waals surface area contributed by atoms with Crippen LogP contribution in [0.3, 0.4) is 0 Å². The monoisotopic (exact) mass is 306 g/mol. The van der Waals surface area contributed by atoms with E-state index >= 15 is 0 Å². The zero-order valence-electron chi connectivity index (χ0n) is 11.2. The number of aliphatic hydroxyl groups is 1. The second-order valence-corrected chi connectivity index (χ2v) is 6.23. The van der Waals surface area contributed by atoms with Crippen molar-refractivity contribution in [2.24, 2.45) is 0 Å². The van der Waals surface area contributed by atoms with E-state index in [0.717, 1.165) is 15.4 Å². The predicted molar refractivity (Wildman–Crippen MR) is 80.9 cm³/mol. The number of carbonyl (C=O) groups is 1. The summed E-state index contributed by atoms with van der Waals surface area (Å²) >= 11 is 3.02. The first-order valence-corrected chi connectivity index (χ1v) is 7.71. The minimum absolute atomic E-state index is 0.0780. The fraction of sp³-hybridized carbons (Fsp3) is 0.286. The highest BCUT2D eigenvalue weighted by Crippen LogP contribution is 2.17. The van der Waals surface area contributed by atoms with Gasteiger partial charge in [0.2, 0.25) is 0 Å². The summed E-state index contributed by atoms with van der Waals surface area (Å²) in [6.45, 7) is 2.26. The first kappa shape index (κ1) is 14.7. The molecule has 1 N–H and O–H groups in total. The Balaban J connectivity index is 2.02. The normalized spacial score (nSPS) is 9.95. The number of aliphatic hydroxyl groups excluding tert-OH is 1. The highest BCUT2D eigenvalue weighted by molar-refractivity contribution is 7.10. The van der Waals surface area contributed by atoms with E-state index in [9.17, 15) is 4.79 Å². The number of amides is 1. The molecule has 0 aliphatic heterocycles. The largest absolute Gasteiger partial charge is 0.384 e. The standard InChI is InChI=1S/C14H14N2O2S2/c1-10-15-13(9-19-10)14(18)16(2)7-12-6-11(8-20-12)4-3-5-17/h6,8-9,17H,5,7H2,1-2H3. The zero-order valence-corrected chi connectivity index (χ0v) is 12.8. The van der Waals surface area contributed by atoms with Crippen LogP contribution in [0.4, 0.5) is 0 Å². The molecule has 2 heterocycles. The molecule has 2 rings (SSSR count). The van der Waals surface area contributed by atoms with Gasteiger partial charge in [-0.2, -0.15) is 0 Å². The number of rotatable bonds is 3. The molecule has 0 aliphatic rings. The van der Waals surface area contributed by atoms with Crippen LogP contribution in [-0.4, -0.2) is 34.6 Å². The van der Waals surface area contributed by atoms with Gasteiger partial charge in [-0.3, -0.25) is 4.79 Å². The van der Waals surface area contributed by atoms with Crippen LogP contribution in [0.2, 0.25) is 0 Å². The van der Waals surface area contributed by atoms with E-state index in [4.69, 9.17) is 5.11 Å². The Kier molecular flexibility index (Phi) is 4.90. The van der Waals surface area contributed by atoms with Crippen molar-refractivity contribution in [1.29, 1.82) is 0 Å². The van der Waals surface area contributed by atoms with E-state index in [0.29, 0.717) is 12.2 Å². The highest BCUT2D eigenvalue weighted by atomic mass is 32.1. The fourth-order valence-corrected chi connectivity index (χ4v) is 3.09. The summed E-state index contributed by atoms with van der Waals surface area (Å²) in [7, 11) is 1.76. The topological polar surface area (TPSA) is 53.4 Å². The molecular formula is C14H14N2O2S2. The lowest BCUT2D eigenvalue weighted by Gasteiger charge is -2.14. The van der Waals surface area contributed by atoms with E-state index in [-0.39, 0.29) is 12.5 Å². The molecule has 2 aromatic heterocycles. The van der Waals surface area contributed by atoms with Gasteiger partial charge in [-0.05, 0) is 13.0 Å². The predicted octanol–water partition coefficient (Wildman–Crippen LogP) is 2.13. The summed E-state index contributed by atoms with van der Waals surface area (Å²) in [4.78, 5) is 19.0. The molecule has 0 bridgehead atoms. The molecule has 1 amide bonds. The molecule has 0 saturated carbocycles. The molecule has 0 radical (unpaired) electrons. The molecule has 20 heavy (non-hydrogen) atoms. The third-order valence-corrected chi connectivity index (χ3v) is 4.24. The second kappa shape index (κ2) is 6.66. The Morgan fingerprint density at radius 1 is 1.45 bits per heavy atom. The lowest BCUT2D eigenvalue weighted by molar-refractivity contribution is 0.0781. The fourth-order valence-electron chi connectivity index (χ4n) is 1.63. The van der Waals surface area contributed by atoms with Gasteiger partial charge in [0.15, 0.2) is 0 Å². The van der Waals surface area contributed by atoms with Crippen molar-refractivity contribution in [3.8, 4) is 11.8 Å². The number of thiophene rings is 1. The third-order valence-electron chi connectivity index (χ3n) is 2.54. The average molecular weight is 306 g/mol. The quantitative estimate of drug-likeness (QED) is 0.884. The van der Waals surface area contributed by atoms with Crippen LogP contribution in [0.1, 0.15) is 25.9 Å². The molecule has 104 valence electrons. The first-order valence-electron chi connectivity index (χ1n) is 5.95. The van der Waals surface area contributed by atoms with Gasteiger partial charge >= 0.3 is 0 Å². The molecule has 0 aromatic carbocycles. The number of aromatic nitrogens is 1. The van der Waals surface area contributed by atoms with E-state index in [1.807, 2.05) is 18.4 Å². The summed E-state index contributed by atoms with van der Waals surface area (Å²) in [5.74, 6) is 5.38. The zero-order chi connectivity index (χ0) is 14.5. The van der Waals surface area contributed by atoms with Crippen molar-refractivity contribution in [3.63, 3.8) is 0 Å². The summed E-state index contributed by atoms with van der Waals surface area (Å²) < 4.78 is 0. The van der Waals surface area contributed by atoms with Crippen molar-refractivity contribution in [2.75, 3.05) is 13.7 Å². The van der Waals surface area contributed by atoms with E-state index < -0.39 is 0 Å². The number of carbonyl (C=O) groups excluding carboxylic acids is 1. The van der Waals surface area contributed by atoms with Gasteiger partial charge in [0.25, 0.3) is 5.91 Å². The molecule has 0 aliphatic carbocycles. The molecule has 6 heteroatoms. The molecule has 0 atom stereocenters. The lowest BCUT2D eigenvalue weighted by Crippen LogP contribution is -2.26. The maximum Gasteiger partial charge on any atom is 0.273 e. The van der Waals surface area contributed by atoms with Gasteiger partial charge in [-0.25, -0.2) is 4.98 Å². The Labute approximate surface area is 125 Å². The summed E-state index contributed by atoms with van der Waals surface area (Å²) in [6, 6.07) is 1.93. The van der Waals surface area contributed by atoms with E-state index in [1.54, 1.807) is 28.7 Å². The van der Waals surface area contributed by atoms with Gasteiger partial charge in [0.05, 0.1) is 11.6 Å². The first-order chi connectivity index (χ1) is 9.60. The molecule has 0 saturated heterocycles. The highest BCUT2D eigenvalue weighted by Gasteiger charge is 2.15. The number of hydrogen-bond donors (Lipinski definition) is 1. The maximum absolute atomic E-state index is 12.2. The maximum atomic E-state index is 12.2. The van der Waals surface area contributed by atoms with Crippen LogP contribution in [0, 0.1) is 18.8 Å². The van der Waals surface area contributed by atoms with E-state index in [1.165, 1.54) is 11.3 Å². The van der Waals surface area contributed by atoms with Crippen LogP contribution >= 0.6 is 22.7 Å². The minimum Gasteiger partial charge on any atom is -0.384 e. The third kappa shape index (κ3) is 3.67. The Morgan fingerprint density at radius 2 is 2.25 bits per heavy atom. The Hall–Kier alpha value is -1.68. The van der Waals surface area contributed by atoms with Crippen molar-refractivity contribution in [2.45, 2.75) is 13.5 Å². The lowest BCUT2D eigenvalue weighted by atomic mass is 10.3. The van der Waals surface area contributed by atoms with Crippen molar-refractivity contribution < 1.29 is 9.90 Å². The SMILES string of the molecule is Cc1nc(C(=O)N(C)Cc2cc(C#CCO)cs2)cs1. The van der Waals surface area contributed by atoms with Crippen LogP contribution < -0.4 is 0 Å². The smallest absolute Gasteiger partial charge is 0.273 e. The number of thiazole rings is 1. The molecule has 0 spiro atoms. The van der Waals surface area contributed by atoms with Gasteiger partial charge in [-0.1, -0.05) is 11.8 Å². The van der Waals surface area contributed by atoms with Crippen LogP contribution in [0.15, 0.2) is 16.8 Å². The number of nitrogens with zero attached hydrogens (tertiary/aromatic N) is 2. The van der Waals surface area contributed by atoms with Crippen LogP contribution in [-0.2, 0) is 6.54 Å². The van der Waals surface area contributed by atoms with Gasteiger partial charge in [0.1, 0.15) is 12.3 Å². The molecule has 0 fully saturated rings. The van der Waals surface area contributed by atoms with E-state index in [2.05, 4.69) is 16.8 Å². The minimum atomic E-state index is -0.146. The summed E-state index contributed by atoms with van der Waals surface area (Å²) in [5, 5.41) is 13.2. The second-order valence-electron chi connectivity index (χ2n) is 4.17. The summed E-state index contributed by atoms with van der Waals surface area (Å²) in [6.07, 6.45) is 0.